The van der Waals surface area contributed by atoms with Gasteiger partial charge in [-0.2, -0.15) is 0 Å². The van der Waals surface area contributed by atoms with Gasteiger partial charge in [-0.1, -0.05) is 66.7 Å². The zero-order valence-corrected chi connectivity index (χ0v) is 16.7. The average molecular weight is 376 g/mol. The fourth-order valence-corrected chi connectivity index (χ4v) is 3.54. The van der Waals surface area contributed by atoms with E-state index in [4.69, 9.17) is 9.47 Å². The van der Waals surface area contributed by atoms with Crippen molar-refractivity contribution in [1.82, 2.24) is 5.32 Å². The minimum Gasteiger partial charge on any atom is -0.493 e. The molecule has 0 saturated heterocycles. The van der Waals surface area contributed by atoms with Crippen molar-refractivity contribution in [3.05, 3.63) is 95.6 Å². The Morgan fingerprint density at radius 3 is 1.89 bits per heavy atom. The van der Waals surface area contributed by atoms with Crippen LogP contribution in [0.5, 0.6) is 11.5 Å². The maximum atomic E-state index is 5.39. The Hall–Kier alpha value is -2.78. The summed E-state index contributed by atoms with van der Waals surface area (Å²) in [5, 5.41) is 3.60. The van der Waals surface area contributed by atoms with E-state index in [9.17, 15) is 0 Å². The van der Waals surface area contributed by atoms with Crippen LogP contribution in [0, 0.1) is 0 Å². The first-order chi connectivity index (χ1) is 13.8. The van der Waals surface area contributed by atoms with Gasteiger partial charge in [-0.15, -0.1) is 0 Å². The van der Waals surface area contributed by atoms with Crippen molar-refractivity contribution in [2.75, 3.05) is 27.3 Å². The molecule has 0 radical (unpaired) electrons. The van der Waals surface area contributed by atoms with Gasteiger partial charge in [0.25, 0.3) is 0 Å². The van der Waals surface area contributed by atoms with Gasteiger partial charge in [0.2, 0.25) is 0 Å². The molecule has 0 bridgehead atoms. The molecule has 0 fully saturated rings. The highest BCUT2D eigenvalue weighted by molar-refractivity contribution is 5.43. The van der Waals surface area contributed by atoms with Gasteiger partial charge < -0.3 is 14.8 Å². The van der Waals surface area contributed by atoms with Gasteiger partial charge in [0.05, 0.1) is 14.2 Å². The molecule has 3 nitrogen and oxygen atoms in total. The van der Waals surface area contributed by atoms with Crippen LogP contribution < -0.4 is 14.8 Å². The fraction of sp³-hybridized carbons (Fsp3) is 0.280. The van der Waals surface area contributed by atoms with E-state index in [1.54, 1.807) is 14.2 Å². The number of nitrogens with one attached hydrogen (secondary N) is 1. The second kappa shape index (κ2) is 10.5. The van der Waals surface area contributed by atoms with Gasteiger partial charge in [0, 0.05) is 5.92 Å². The molecule has 0 aromatic heterocycles. The van der Waals surface area contributed by atoms with Crippen molar-refractivity contribution in [2.24, 2.45) is 0 Å². The number of rotatable bonds is 10. The Bertz CT molecular complexity index is 794. The quantitative estimate of drug-likeness (QED) is 0.503. The van der Waals surface area contributed by atoms with Crippen LogP contribution in [0.1, 0.15) is 29.0 Å². The Morgan fingerprint density at radius 1 is 0.714 bits per heavy atom. The van der Waals surface area contributed by atoms with Gasteiger partial charge in [0.1, 0.15) is 0 Å². The molecule has 0 heterocycles. The van der Waals surface area contributed by atoms with E-state index >= 15 is 0 Å². The summed E-state index contributed by atoms with van der Waals surface area (Å²) in [6.07, 6.45) is 2.03. The van der Waals surface area contributed by atoms with Crippen LogP contribution in [0.15, 0.2) is 78.9 Å². The first-order valence-corrected chi connectivity index (χ1v) is 9.83. The molecule has 0 unspecified atom stereocenters. The Morgan fingerprint density at radius 2 is 1.32 bits per heavy atom. The summed E-state index contributed by atoms with van der Waals surface area (Å²) >= 11 is 0. The first-order valence-electron chi connectivity index (χ1n) is 9.83. The Labute approximate surface area is 168 Å². The zero-order valence-electron chi connectivity index (χ0n) is 16.7. The zero-order chi connectivity index (χ0) is 19.6. The molecule has 3 heteroatoms. The van der Waals surface area contributed by atoms with E-state index in [0.717, 1.165) is 37.4 Å². The third-order valence-corrected chi connectivity index (χ3v) is 5.05. The maximum absolute atomic E-state index is 5.39. The van der Waals surface area contributed by atoms with Crippen molar-refractivity contribution >= 4 is 0 Å². The van der Waals surface area contributed by atoms with E-state index in [1.807, 2.05) is 6.07 Å². The average Bonchev–Trinajstić information content (AvgIpc) is 2.77. The van der Waals surface area contributed by atoms with E-state index in [0.29, 0.717) is 5.92 Å². The van der Waals surface area contributed by atoms with Crippen molar-refractivity contribution in [3.63, 3.8) is 0 Å². The molecular weight excluding hydrogens is 346 g/mol. The molecule has 0 spiro atoms. The summed E-state index contributed by atoms with van der Waals surface area (Å²) in [5.74, 6) is 1.97. The summed E-state index contributed by atoms with van der Waals surface area (Å²) in [6, 6.07) is 27.6. The molecule has 3 aromatic rings. The van der Waals surface area contributed by atoms with Crippen LogP contribution in [0.25, 0.3) is 0 Å². The van der Waals surface area contributed by atoms with E-state index in [1.165, 1.54) is 16.7 Å². The lowest BCUT2D eigenvalue weighted by atomic mass is 9.88. The van der Waals surface area contributed by atoms with Crippen LogP contribution in [0.3, 0.4) is 0 Å². The van der Waals surface area contributed by atoms with E-state index in [2.05, 4.69) is 78.1 Å². The largest absolute Gasteiger partial charge is 0.493 e. The molecule has 0 aliphatic rings. The second-order valence-corrected chi connectivity index (χ2v) is 6.85. The van der Waals surface area contributed by atoms with Gasteiger partial charge in [-0.3, -0.25) is 0 Å². The predicted molar refractivity (Wildman–Crippen MR) is 115 cm³/mol. The van der Waals surface area contributed by atoms with Gasteiger partial charge in [0.15, 0.2) is 11.5 Å². The molecule has 28 heavy (non-hydrogen) atoms. The highest BCUT2D eigenvalue weighted by atomic mass is 16.5. The van der Waals surface area contributed by atoms with Gasteiger partial charge in [-0.05, 0) is 54.8 Å². The normalized spacial score (nSPS) is 10.8. The second-order valence-electron chi connectivity index (χ2n) is 6.85. The third kappa shape index (κ3) is 5.37. The standard InChI is InChI=1S/C25H29NO2/c1-27-24-14-13-20(19-25(24)28-2)15-17-26-18-16-23(21-9-5-3-6-10-21)22-11-7-4-8-12-22/h3-14,19,23,26H,15-18H2,1-2H3. The van der Waals surface area contributed by atoms with Crippen LogP contribution >= 0.6 is 0 Å². The van der Waals surface area contributed by atoms with Crippen LogP contribution in [0.2, 0.25) is 0 Å². The molecule has 3 aromatic carbocycles. The predicted octanol–water partition coefficient (Wildman–Crippen LogP) is 5.06. The van der Waals surface area contributed by atoms with Gasteiger partial charge in [-0.25, -0.2) is 0 Å². The minimum absolute atomic E-state index is 0.413. The fourth-order valence-electron chi connectivity index (χ4n) is 3.54. The minimum atomic E-state index is 0.413. The molecular formula is C25H29NO2. The lowest BCUT2D eigenvalue weighted by Gasteiger charge is -2.18. The Kier molecular flexibility index (Phi) is 7.51. The highest BCUT2D eigenvalue weighted by Crippen LogP contribution is 2.28. The van der Waals surface area contributed by atoms with Crippen molar-refractivity contribution < 1.29 is 9.47 Å². The lowest BCUT2D eigenvalue weighted by molar-refractivity contribution is 0.354. The van der Waals surface area contributed by atoms with Crippen molar-refractivity contribution in [3.8, 4) is 11.5 Å². The number of hydrogen-bond acceptors (Lipinski definition) is 3. The summed E-state index contributed by atoms with van der Waals surface area (Å²) in [6.45, 7) is 1.91. The highest BCUT2D eigenvalue weighted by Gasteiger charge is 2.13. The topological polar surface area (TPSA) is 30.5 Å². The summed E-state index contributed by atoms with van der Waals surface area (Å²) in [4.78, 5) is 0. The number of methoxy groups -OCH3 is 2. The maximum Gasteiger partial charge on any atom is 0.160 e. The molecule has 0 saturated carbocycles. The smallest absolute Gasteiger partial charge is 0.160 e. The monoisotopic (exact) mass is 375 g/mol. The SMILES string of the molecule is COc1ccc(CCNCCC(c2ccccc2)c2ccccc2)cc1OC. The number of ether oxygens (including phenoxy) is 2. The molecule has 0 aliphatic heterocycles. The van der Waals surface area contributed by atoms with Gasteiger partial charge >= 0.3 is 0 Å². The summed E-state index contributed by atoms with van der Waals surface area (Å²) in [5.41, 5.74) is 3.98. The molecule has 146 valence electrons. The molecule has 0 atom stereocenters. The number of hydrogen-bond donors (Lipinski definition) is 1. The lowest BCUT2D eigenvalue weighted by Crippen LogP contribution is -2.20. The summed E-state index contributed by atoms with van der Waals surface area (Å²) in [7, 11) is 3.34. The van der Waals surface area contributed by atoms with Crippen LogP contribution in [-0.4, -0.2) is 27.3 Å². The molecule has 3 rings (SSSR count). The summed E-state index contributed by atoms with van der Waals surface area (Å²) < 4.78 is 10.7. The van der Waals surface area contributed by atoms with Crippen molar-refractivity contribution in [1.29, 1.82) is 0 Å². The number of benzene rings is 3. The third-order valence-electron chi connectivity index (χ3n) is 5.05. The first kappa shape index (κ1) is 20.0. The van der Waals surface area contributed by atoms with E-state index in [-0.39, 0.29) is 0 Å². The van der Waals surface area contributed by atoms with Crippen LogP contribution in [0.4, 0.5) is 0 Å². The van der Waals surface area contributed by atoms with E-state index < -0.39 is 0 Å². The van der Waals surface area contributed by atoms with Crippen molar-refractivity contribution in [2.45, 2.75) is 18.8 Å². The molecule has 1 N–H and O–H groups in total. The Balaban J connectivity index is 1.54. The van der Waals surface area contributed by atoms with Crippen LogP contribution in [-0.2, 0) is 6.42 Å². The molecule has 0 amide bonds. The molecule has 0 aliphatic carbocycles.